The highest BCUT2D eigenvalue weighted by atomic mass is 31.2. The van der Waals surface area contributed by atoms with Crippen LogP contribution in [0.3, 0.4) is 0 Å². The highest BCUT2D eigenvalue weighted by molar-refractivity contribution is 7.45. The van der Waals surface area contributed by atoms with Crippen LogP contribution in [0.5, 0.6) is 0 Å². The van der Waals surface area contributed by atoms with Gasteiger partial charge in [-0.25, -0.2) is 0 Å². The smallest absolute Gasteiger partial charge is 0.303 e. The van der Waals surface area contributed by atoms with Gasteiger partial charge >= 0.3 is 5.97 Å². The first-order valence-corrected chi connectivity index (χ1v) is 7.18. The Morgan fingerprint density at radius 2 is 1.71 bits per heavy atom. The van der Waals surface area contributed by atoms with Crippen molar-refractivity contribution in [1.82, 2.24) is 5.09 Å². The van der Waals surface area contributed by atoms with Crippen LogP contribution in [0.15, 0.2) is 0 Å². The number of hydrogen-bond acceptors (Lipinski definition) is 4. The molecule has 6 heteroatoms. The molecule has 0 aliphatic rings. The third kappa shape index (κ3) is 12.0. The maximum atomic E-state index is 10.3. The highest BCUT2D eigenvalue weighted by Gasteiger charge is 2.13. The maximum Gasteiger partial charge on any atom is 0.303 e. The molecule has 0 aliphatic heterocycles. The number of nitrogens with one attached hydrogen (secondary N) is 1. The lowest BCUT2D eigenvalue weighted by Gasteiger charge is -2.22. The van der Waals surface area contributed by atoms with Crippen LogP contribution in [-0.4, -0.2) is 29.8 Å². The summed E-state index contributed by atoms with van der Waals surface area (Å²) in [6.07, 6.45) is 1.94. The van der Waals surface area contributed by atoms with Crippen molar-refractivity contribution in [2.45, 2.75) is 59.2 Å². The van der Waals surface area contributed by atoms with Gasteiger partial charge in [0.15, 0.2) is 0 Å². The second kappa shape index (κ2) is 9.77. The van der Waals surface area contributed by atoms with Gasteiger partial charge in [0.2, 0.25) is 0 Å². The molecule has 17 heavy (non-hydrogen) atoms. The van der Waals surface area contributed by atoms with Gasteiger partial charge in [-0.1, -0.05) is 0 Å². The maximum absolute atomic E-state index is 10.3. The van der Waals surface area contributed by atoms with Crippen molar-refractivity contribution in [3.8, 4) is 0 Å². The van der Waals surface area contributed by atoms with E-state index in [0.717, 1.165) is 13.0 Å². The van der Waals surface area contributed by atoms with Gasteiger partial charge in [0.05, 0.1) is 12.2 Å². The number of unbranched alkanes of at least 4 members (excludes halogenated alkanes) is 1. The van der Waals surface area contributed by atoms with Gasteiger partial charge in [-0.05, 0) is 40.5 Å². The first-order valence-electron chi connectivity index (χ1n) is 6.00. The Morgan fingerprint density at radius 1 is 1.18 bits per heavy atom. The molecular weight excluding hydrogens is 241 g/mol. The third-order valence-corrected chi connectivity index (χ3v) is 3.38. The van der Waals surface area contributed by atoms with E-state index in [9.17, 15) is 4.79 Å². The molecule has 0 spiro atoms. The zero-order valence-electron chi connectivity index (χ0n) is 11.1. The average molecular weight is 265 g/mol. The quantitative estimate of drug-likeness (QED) is 0.469. The monoisotopic (exact) mass is 265 g/mol. The van der Waals surface area contributed by atoms with Gasteiger partial charge in [-0.3, -0.25) is 9.88 Å². The van der Waals surface area contributed by atoms with E-state index in [1.165, 1.54) is 0 Å². The second-order valence-corrected chi connectivity index (χ2v) is 5.58. The minimum atomic E-state index is -1.07. The van der Waals surface area contributed by atoms with E-state index in [4.69, 9.17) is 14.2 Å². The Bertz CT molecular complexity index is 202. The first kappa shape index (κ1) is 16.8. The fourth-order valence-corrected chi connectivity index (χ4v) is 2.36. The highest BCUT2D eigenvalue weighted by Crippen LogP contribution is 2.36. The molecular formula is C11H24NO4P. The van der Waals surface area contributed by atoms with Gasteiger partial charge < -0.3 is 14.2 Å². The predicted octanol–water partition coefficient (Wildman–Crippen LogP) is 2.91. The molecule has 0 rings (SSSR count). The zero-order chi connectivity index (χ0) is 13.3. The summed E-state index contributed by atoms with van der Waals surface area (Å²) in [5.41, 5.74) is 0. The Morgan fingerprint density at radius 3 is 2.12 bits per heavy atom. The Kier molecular flexibility index (Phi) is 9.65. The lowest BCUT2D eigenvalue weighted by molar-refractivity contribution is -0.137. The molecule has 0 heterocycles. The number of carboxylic acid groups (broad SMARTS) is 1. The molecule has 0 aliphatic carbocycles. The van der Waals surface area contributed by atoms with Gasteiger partial charge in [-0.2, -0.15) is 0 Å². The van der Waals surface area contributed by atoms with Crippen LogP contribution in [0.2, 0.25) is 0 Å². The molecule has 0 aromatic rings. The molecule has 0 bridgehead atoms. The van der Waals surface area contributed by atoms with Crippen LogP contribution in [0, 0.1) is 0 Å². The van der Waals surface area contributed by atoms with Crippen LogP contribution < -0.4 is 5.09 Å². The molecule has 5 nitrogen and oxygen atoms in total. The topological polar surface area (TPSA) is 67.8 Å². The van der Waals surface area contributed by atoms with E-state index in [1.54, 1.807) is 0 Å². The predicted molar refractivity (Wildman–Crippen MR) is 68.9 cm³/mol. The molecule has 0 aromatic heterocycles. The lowest BCUT2D eigenvalue weighted by atomic mass is 10.2. The zero-order valence-corrected chi connectivity index (χ0v) is 12.0. The van der Waals surface area contributed by atoms with Crippen molar-refractivity contribution in [2.75, 3.05) is 6.54 Å². The van der Waals surface area contributed by atoms with Crippen molar-refractivity contribution in [2.24, 2.45) is 0 Å². The molecule has 0 radical (unpaired) electrons. The van der Waals surface area contributed by atoms with Crippen molar-refractivity contribution in [1.29, 1.82) is 0 Å². The van der Waals surface area contributed by atoms with Crippen LogP contribution in [0.1, 0.15) is 47.0 Å². The van der Waals surface area contributed by atoms with Crippen molar-refractivity contribution >= 4 is 14.5 Å². The standard InChI is InChI=1S/C11H24NO4P/c1-9(2)15-17(16-10(3)4)12-8-6-5-7-11(13)14/h9-10,12H,5-8H2,1-4H3,(H,13,14). The number of aliphatic carboxylic acids is 1. The van der Waals surface area contributed by atoms with Crippen molar-refractivity contribution in [3.05, 3.63) is 0 Å². The van der Waals surface area contributed by atoms with Crippen molar-refractivity contribution < 1.29 is 18.9 Å². The second-order valence-electron chi connectivity index (χ2n) is 4.32. The van der Waals surface area contributed by atoms with E-state index in [2.05, 4.69) is 5.09 Å². The Balaban J connectivity index is 3.71. The molecule has 0 saturated carbocycles. The molecule has 2 N–H and O–H groups in total. The number of hydrogen-bond donors (Lipinski definition) is 2. The molecule has 0 unspecified atom stereocenters. The van der Waals surface area contributed by atoms with Crippen LogP contribution in [0.25, 0.3) is 0 Å². The average Bonchev–Trinajstić information content (AvgIpc) is 2.14. The van der Waals surface area contributed by atoms with E-state index < -0.39 is 14.5 Å². The summed E-state index contributed by atoms with van der Waals surface area (Å²) >= 11 is 0. The number of carboxylic acids is 1. The van der Waals surface area contributed by atoms with E-state index in [1.807, 2.05) is 27.7 Å². The summed E-state index contributed by atoms with van der Waals surface area (Å²) in [6.45, 7) is 8.57. The summed E-state index contributed by atoms with van der Waals surface area (Å²) in [7, 11) is -1.07. The van der Waals surface area contributed by atoms with Crippen LogP contribution in [0.4, 0.5) is 0 Å². The first-order chi connectivity index (χ1) is 7.91. The minimum Gasteiger partial charge on any atom is -0.481 e. The lowest BCUT2D eigenvalue weighted by Crippen LogP contribution is -2.17. The van der Waals surface area contributed by atoms with Gasteiger partial charge in [-0.15, -0.1) is 0 Å². The van der Waals surface area contributed by atoms with E-state index in [-0.39, 0.29) is 18.6 Å². The summed E-state index contributed by atoms with van der Waals surface area (Å²) in [4.78, 5) is 10.3. The van der Waals surface area contributed by atoms with Gasteiger partial charge in [0.25, 0.3) is 8.53 Å². The largest absolute Gasteiger partial charge is 0.481 e. The molecule has 0 saturated heterocycles. The van der Waals surface area contributed by atoms with E-state index in [0.29, 0.717) is 6.42 Å². The summed E-state index contributed by atoms with van der Waals surface area (Å²) < 4.78 is 11.2. The fraction of sp³-hybridized carbons (Fsp3) is 0.909. The molecule has 0 fully saturated rings. The van der Waals surface area contributed by atoms with Gasteiger partial charge in [0, 0.05) is 13.0 Å². The van der Waals surface area contributed by atoms with Crippen LogP contribution >= 0.6 is 8.53 Å². The van der Waals surface area contributed by atoms with Crippen molar-refractivity contribution in [3.63, 3.8) is 0 Å². The molecule has 102 valence electrons. The number of rotatable bonds is 10. The third-order valence-electron chi connectivity index (χ3n) is 1.67. The fourth-order valence-electron chi connectivity index (χ4n) is 1.05. The molecule has 0 amide bonds. The van der Waals surface area contributed by atoms with E-state index >= 15 is 0 Å². The summed E-state index contributed by atoms with van der Waals surface area (Å²) in [5.74, 6) is -0.746. The SMILES string of the molecule is CC(C)OP(NCCCCC(=O)O)OC(C)C. The molecule has 0 aromatic carbocycles. The normalized spacial score (nSPS) is 11.7. The Hall–Kier alpha value is -0.220. The van der Waals surface area contributed by atoms with Crippen LogP contribution in [-0.2, 0) is 13.8 Å². The molecule has 0 atom stereocenters. The van der Waals surface area contributed by atoms with Gasteiger partial charge in [0.1, 0.15) is 0 Å². The number of carbonyl (C=O) groups is 1. The summed E-state index contributed by atoms with van der Waals surface area (Å²) in [6, 6.07) is 0. The minimum absolute atomic E-state index is 0.117. The Labute approximate surface area is 105 Å². The summed E-state index contributed by atoms with van der Waals surface area (Å²) in [5, 5.41) is 11.7.